The maximum absolute atomic E-state index is 15.2. The normalized spacial score (nSPS) is 29.9. The Morgan fingerprint density at radius 1 is 0.962 bits per heavy atom. The molecule has 53 heavy (non-hydrogen) atoms. The number of aliphatic hydroxyl groups excluding tert-OH is 1. The van der Waals surface area contributed by atoms with Crippen LogP contribution in [0.2, 0.25) is 0 Å². The zero-order valence-corrected chi connectivity index (χ0v) is 30.1. The Kier molecular flexibility index (Phi) is 10.3. The van der Waals surface area contributed by atoms with Gasteiger partial charge in [-0.1, -0.05) is 97.1 Å². The minimum atomic E-state index is -1.59. The van der Waals surface area contributed by atoms with Crippen LogP contribution in [0.4, 0.5) is 5.69 Å². The molecule has 7 rings (SSSR count). The Labute approximate surface area is 309 Å². The van der Waals surface area contributed by atoms with Crippen LogP contribution in [0, 0.1) is 25.7 Å². The lowest BCUT2D eigenvalue weighted by Crippen LogP contribution is -2.56. The van der Waals surface area contributed by atoms with Gasteiger partial charge in [0.25, 0.3) is 5.91 Å². The monoisotopic (exact) mass is 719 g/mol. The lowest BCUT2D eigenvalue weighted by Gasteiger charge is -2.39. The number of likely N-dealkylation sites (tertiary alicyclic amines) is 1. The minimum absolute atomic E-state index is 0.0574. The number of amides is 3. The van der Waals surface area contributed by atoms with Gasteiger partial charge in [-0.2, -0.15) is 0 Å². The van der Waals surface area contributed by atoms with E-state index in [9.17, 15) is 14.7 Å². The zero-order chi connectivity index (χ0) is 37.3. The Morgan fingerprint density at radius 2 is 1.70 bits per heavy atom. The molecular formula is C42H45N3O8. The number of ether oxygens (including phenoxy) is 3. The van der Waals surface area contributed by atoms with Crippen LogP contribution in [0.15, 0.2) is 103 Å². The van der Waals surface area contributed by atoms with Crippen LogP contribution >= 0.6 is 0 Å². The van der Waals surface area contributed by atoms with Gasteiger partial charge in [-0.25, -0.2) is 0 Å². The van der Waals surface area contributed by atoms with E-state index in [-0.39, 0.29) is 31.4 Å². The van der Waals surface area contributed by atoms with E-state index in [4.69, 9.17) is 14.2 Å². The van der Waals surface area contributed by atoms with Crippen molar-refractivity contribution in [3.8, 4) is 0 Å². The Hall–Kier alpha value is -5.10. The fourth-order valence-electron chi connectivity index (χ4n) is 8.42. The van der Waals surface area contributed by atoms with Crippen molar-refractivity contribution in [3.63, 3.8) is 0 Å². The lowest BCUT2D eigenvalue weighted by molar-refractivity contribution is -0.162. The Balaban J connectivity index is 1.38. The van der Waals surface area contributed by atoms with Crippen molar-refractivity contribution in [1.82, 2.24) is 10.2 Å². The highest BCUT2D eigenvalue weighted by Crippen LogP contribution is 2.55. The van der Waals surface area contributed by atoms with Crippen LogP contribution in [-0.4, -0.2) is 84.4 Å². The third kappa shape index (κ3) is 6.58. The molecule has 2 saturated heterocycles. The Morgan fingerprint density at radius 3 is 2.42 bits per heavy atom. The number of hydrogen-bond acceptors (Lipinski definition) is 8. The predicted molar refractivity (Wildman–Crippen MR) is 196 cm³/mol. The van der Waals surface area contributed by atoms with Crippen molar-refractivity contribution in [1.29, 1.82) is 0 Å². The van der Waals surface area contributed by atoms with Crippen molar-refractivity contribution in [2.45, 2.75) is 62.6 Å². The highest BCUT2D eigenvalue weighted by Gasteiger charge is 2.73. The molecule has 276 valence electrons. The van der Waals surface area contributed by atoms with Gasteiger partial charge in [0.2, 0.25) is 11.8 Å². The number of aliphatic hydroxyl groups is 1. The molecule has 3 amide bonds. The summed E-state index contributed by atoms with van der Waals surface area (Å²) in [6.45, 7) is 3.67. The average Bonchev–Trinajstić information content (AvgIpc) is 3.55. The summed E-state index contributed by atoms with van der Waals surface area (Å²) in [5.74, 6) is -4.18. The van der Waals surface area contributed by atoms with E-state index in [0.717, 1.165) is 11.1 Å². The van der Waals surface area contributed by atoms with E-state index in [1.807, 2.05) is 74.5 Å². The highest BCUT2D eigenvalue weighted by atomic mass is 16.6. The van der Waals surface area contributed by atoms with E-state index in [2.05, 4.69) is 5.32 Å². The number of allylic oxidation sites excluding steroid dienone is 1. The topological polar surface area (TPSA) is 135 Å². The van der Waals surface area contributed by atoms with Gasteiger partial charge in [0.05, 0.1) is 37.3 Å². The molecule has 0 aliphatic carbocycles. The van der Waals surface area contributed by atoms with E-state index < -0.39 is 66.3 Å². The van der Waals surface area contributed by atoms with E-state index in [1.165, 1.54) is 12.0 Å². The van der Waals surface area contributed by atoms with Crippen molar-refractivity contribution in [2.75, 3.05) is 31.8 Å². The van der Waals surface area contributed by atoms with Crippen LogP contribution in [0.1, 0.15) is 47.2 Å². The molecule has 3 aromatic rings. The van der Waals surface area contributed by atoms with Crippen molar-refractivity contribution >= 4 is 29.4 Å². The quantitative estimate of drug-likeness (QED) is 0.273. The van der Waals surface area contributed by atoms with Gasteiger partial charge in [-0.05, 0) is 48.6 Å². The number of hydrogen-bond donors (Lipinski definition) is 2. The first-order chi connectivity index (χ1) is 25.7. The van der Waals surface area contributed by atoms with Crippen LogP contribution in [0.3, 0.4) is 0 Å². The second-order valence-corrected chi connectivity index (χ2v) is 14.2. The summed E-state index contributed by atoms with van der Waals surface area (Å²) in [5, 5.41) is 13.9. The summed E-state index contributed by atoms with van der Waals surface area (Å²) in [7, 11) is 1.51. The fourth-order valence-corrected chi connectivity index (χ4v) is 8.42. The first-order valence-electron chi connectivity index (χ1n) is 18.1. The van der Waals surface area contributed by atoms with Crippen molar-refractivity contribution in [3.05, 3.63) is 125 Å². The third-order valence-electron chi connectivity index (χ3n) is 10.8. The summed E-state index contributed by atoms with van der Waals surface area (Å²) in [6, 6.07) is 21.1. The van der Waals surface area contributed by atoms with Gasteiger partial charge in [0.1, 0.15) is 23.7 Å². The molecule has 0 radical (unpaired) electrons. The molecule has 4 aliphatic rings. The number of anilines is 1. The van der Waals surface area contributed by atoms with Crippen LogP contribution in [-0.2, 0) is 33.4 Å². The smallest absolute Gasteiger partial charge is 0.313 e. The summed E-state index contributed by atoms with van der Waals surface area (Å²) < 4.78 is 18.8. The van der Waals surface area contributed by atoms with Crippen molar-refractivity contribution in [2.24, 2.45) is 11.8 Å². The number of nitrogens with one attached hydrogen (secondary N) is 1. The second kappa shape index (κ2) is 15.1. The van der Waals surface area contributed by atoms with Crippen molar-refractivity contribution < 1.29 is 38.5 Å². The van der Waals surface area contributed by atoms with Crippen LogP contribution < -0.4 is 10.2 Å². The Bertz CT molecular complexity index is 1920. The summed E-state index contributed by atoms with van der Waals surface area (Å²) >= 11 is 0. The maximum Gasteiger partial charge on any atom is 0.313 e. The largest absolute Gasteiger partial charge is 0.455 e. The fraction of sp³-hybridized carbons (Fsp3) is 0.381. The molecule has 0 saturated carbocycles. The molecule has 8 atom stereocenters. The van der Waals surface area contributed by atoms with E-state index >= 15 is 9.59 Å². The lowest BCUT2D eigenvalue weighted by atomic mass is 9.77. The molecule has 4 aliphatic heterocycles. The molecule has 0 aromatic heterocycles. The van der Waals surface area contributed by atoms with Crippen LogP contribution in [0.25, 0.3) is 0 Å². The van der Waals surface area contributed by atoms with Gasteiger partial charge in [-0.15, -0.1) is 0 Å². The number of fused-ring (bicyclic) bond motifs is 2. The first kappa shape index (κ1) is 36.3. The number of rotatable bonds is 7. The summed E-state index contributed by atoms with van der Waals surface area (Å²) in [6.07, 6.45) is 5.65. The van der Waals surface area contributed by atoms with E-state index in [1.54, 1.807) is 47.4 Å². The summed E-state index contributed by atoms with van der Waals surface area (Å²) in [5.41, 5.74) is 2.22. The highest BCUT2D eigenvalue weighted by molar-refractivity contribution is 6.06. The van der Waals surface area contributed by atoms with Crippen LogP contribution in [0.5, 0.6) is 0 Å². The van der Waals surface area contributed by atoms with Gasteiger partial charge < -0.3 is 34.4 Å². The van der Waals surface area contributed by atoms with Gasteiger partial charge in [0, 0.05) is 25.8 Å². The molecule has 11 nitrogen and oxygen atoms in total. The molecule has 4 heterocycles. The SMILES string of the molecule is COC[C@H]1NC(=O)CC/C=C\[C@H]2O[C@]34C=CCN(c5cc(C)ccc5C)C(=O)[C@H]3N([C@H](CO)c3ccccc3)C(=O)[C@@H]4[C@H]2C(=O)O[C@@H]1c1ccccc1. The van der Waals surface area contributed by atoms with Gasteiger partial charge in [0.15, 0.2) is 0 Å². The molecule has 0 bridgehead atoms. The maximum atomic E-state index is 15.2. The third-order valence-corrected chi connectivity index (χ3v) is 10.8. The predicted octanol–water partition coefficient (Wildman–Crippen LogP) is 4.29. The average molecular weight is 720 g/mol. The number of carbonyl (C=O) groups excluding carboxylic acids is 4. The molecule has 1 spiro atoms. The molecular weight excluding hydrogens is 674 g/mol. The number of nitrogens with zero attached hydrogens (tertiary/aromatic N) is 2. The standard InChI is InChI=1S/C42H45N3O8/c1-26-19-20-27(2)31(23-26)44-22-12-21-42-36(39(48)45(38(42)40(44)49)32(24-46)28-13-6-4-7-14-28)35-33(53-42)17-10-11-18-34(47)43-30(25-51-3)37(52-41(35)50)29-15-8-5-9-16-29/h4-10,12-17,19-21,23,30,32-33,35-38,46H,11,18,22,24-25H2,1-3H3,(H,43,47)/b17-10-/t30-,32-,33-,35+,36+,37-,38-,42+/m1/s1. The molecule has 11 heteroatoms. The first-order valence-corrected chi connectivity index (χ1v) is 18.1. The van der Waals surface area contributed by atoms with Gasteiger partial charge in [-0.3, -0.25) is 19.2 Å². The second-order valence-electron chi connectivity index (χ2n) is 14.2. The van der Waals surface area contributed by atoms with Gasteiger partial charge >= 0.3 is 5.97 Å². The molecule has 2 fully saturated rings. The number of benzene rings is 3. The molecule has 3 aromatic carbocycles. The zero-order valence-electron chi connectivity index (χ0n) is 30.1. The number of aryl methyl sites for hydroxylation is 2. The molecule has 2 N–H and O–H groups in total. The minimum Gasteiger partial charge on any atom is -0.455 e. The number of cyclic esters (lactones) is 1. The van der Waals surface area contributed by atoms with E-state index in [0.29, 0.717) is 23.2 Å². The molecule has 0 unspecified atom stereocenters. The number of esters is 1. The number of methoxy groups -OCH3 is 1. The summed E-state index contributed by atoms with van der Waals surface area (Å²) in [4.78, 5) is 61.4. The number of carbonyl (C=O) groups is 4.